The topological polar surface area (TPSA) is 126 Å². The molecule has 0 bridgehead atoms. The molecule has 0 aliphatic carbocycles. The molecular formula is C26H27F2N5O4. The minimum atomic E-state index is -0.833. The predicted octanol–water partition coefficient (Wildman–Crippen LogP) is 3.67. The molecule has 0 radical (unpaired) electrons. The Kier molecular flexibility index (Phi) is 7.83. The van der Waals surface area contributed by atoms with Crippen LogP contribution in [0.15, 0.2) is 54.6 Å². The Hall–Kier alpha value is -4.25. The zero-order chi connectivity index (χ0) is 26.5. The molecule has 2 amide bonds. The lowest BCUT2D eigenvalue weighted by Gasteiger charge is -2.32. The Morgan fingerprint density at radius 1 is 1.19 bits per heavy atom. The van der Waals surface area contributed by atoms with Crippen LogP contribution in [-0.2, 0) is 9.53 Å². The van der Waals surface area contributed by atoms with Crippen LogP contribution in [0.5, 0.6) is 11.5 Å². The normalized spacial score (nSPS) is 15.8. The first-order valence-corrected chi connectivity index (χ1v) is 11.6. The van der Waals surface area contributed by atoms with E-state index in [0.29, 0.717) is 37.4 Å². The second kappa shape index (κ2) is 11.2. The second-order valence-electron chi connectivity index (χ2n) is 8.56. The number of nitrogens with two attached hydrogens (primary N) is 2. The number of nitrogen functional groups attached to an aromatic ring is 1. The molecule has 1 aromatic heterocycles. The quantitative estimate of drug-likeness (QED) is 0.445. The number of carbonyl (C=O) groups excluding carboxylic acids is 2. The molecule has 1 aliphatic rings. The van der Waals surface area contributed by atoms with E-state index in [4.69, 9.17) is 20.9 Å². The van der Waals surface area contributed by atoms with Gasteiger partial charge in [0.25, 0.3) is 5.91 Å². The van der Waals surface area contributed by atoms with Crippen LogP contribution in [0.1, 0.15) is 29.2 Å². The average Bonchev–Trinajstić information content (AvgIpc) is 3.23. The molecule has 9 nitrogen and oxygen atoms in total. The van der Waals surface area contributed by atoms with Crippen molar-refractivity contribution in [3.63, 3.8) is 0 Å². The Labute approximate surface area is 212 Å². The molecule has 0 unspecified atom stereocenters. The molecule has 194 valence electrons. The largest absolute Gasteiger partial charge is 0.454 e. The standard InChI is InChI=1S/C26H27F2N5O4/c1-36-13-3-5-22(34)32-12-2-4-18(15-32)33-25(29)23(26(30)35)24(31-33)16-6-9-19(10-7-16)37-21-11-8-17(27)14-20(21)28/h3,5-11,14,18H,2,4,12-13,15,29H2,1H3,(H2,30,35)/b5-3+/t18-/m1/s1. The molecule has 1 saturated heterocycles. The number of ether oxygens (including phenoxy) is 2. The Bertz CT molecular complexity index is 1320. The fourth-order valence-electron chi connectivity index (χ4n) is 4.24. The third-order valence-electron chi connectivity index (χ3n) is 6.02. The molecule has 37 heavy (non-hydrogen) atoms. The summed E-state index contributed by atoms with van der Waals surface area (Å²) in [6.07, 6.45) is 4.57. The summed E-state index contributed by atoms with van der Waals surface area (Å²) in [5, 5.41) is 4.60. The monoisotopic (exact) mass is 511 g/mol. The lowest BCUT2D eigenvalue weighted by Crippen LogP contribution is -2.40. The van der Waals surface area contributed by atoms with E-state index in [2.05, 4.69) is 5.10 Å². The van der Waals surface area contributed by atoms with Crippen LogP contribution < -0.4 is 16.2 Å². The maximum Gasteiger partial charge on any atom is 0.254 e. The summed E-state index contributed by atoms with van der Waals surface area (Å²) in [5.74, 6) is -2.14. The van der Waals surface area contributed by atoms with Gasteiger partial charge in [-0.1, -0.05) is 6.08 Å². The summed E-state index contributed by atoms with van der Waals surface area (Å²) in [6, 6.07) is 9.16. The van der Waals surface area contributed by atoms with E-state index in [9.17, 15) is 18.4 Å². The molecule has 1 atom stereocenters. The maximum atomic E-state index is 13.9. The van der Waals surface area contributed by atoms with Crippen molar-refractivity contribution in [2.75, 3.05) is 32.5 Å². The average molecular weight is 512 g/mol. The van der Waals surface area contributed by atoms with Gasteiger partial charge in [-0.2, -0.15) is 5.10 Å². The fraction of sp³-hybridized carbons (Fsp3) is 0.269. The third-order valence-corrected chi connectivity index (χ3v) is 6.02. The number of halogens is 2. The molecule has 0 saturated carbocycles. The van der Waals surface area contributed by atoms with Gasteiger partial charge in [-0.3, -0.25) is 9.59 Å². The number of likely N-dealkylation sites (tertiary alicyclic amines) is 1. The Balaban J connectivity index is 1.58. The van der Waals surface area contributed by atoms with Gasteiger partial charge < -0.3 is 25.8 Å². The minimum Gasteiger partial charge on any atom is -0.454 e. The van der Waals surface area contributed by atoms with Crippen molar-refractivity contribution in [3.05, 3.63) is 71.8 Å². The molecule has 11 heteroatoms. The number of methoxy groups -OCH3 is 1. The first kappa shape index (κ1) is 25.8. The summed E-state index contributed by atoms with van der Waals surface area (Å²) < 4.78 is 39.0. The molecular weight excluding hydrogens is 484 g/mol. The van der Waals surface area contributed by atoms with E-state index >= 15 is 0 Å². The van der Waals surface area contributed by atoms with E-state index in [0.717, 1.165) is 18.6 Å². The van der Waals surface area contributed by atoms with Gasteiger partial charge in [-0.05, 0) is 49.2 Å². The van der Waals surface area contributed by atoms with E-state index in [1.54, 1.807) is 47.0 Å². The van der Waals surface area contributed by atoms with Crippen molar-refractivity contribution in [1.82, 2.24) is 14.7 Å². The highest BCUT2D eigenvalue weighted by Crippen LogP contribution is 2.33. The molecule has 4 rings (SSSR count). The van der Waals surface area contributed by atoms with Gasteiger partial charge in [-0.25, -0.2) is 13.5 Å². The van der Waals surface area contributed by atoms with Gasteiger partial charge in [0.1, 0.15) is 28.6 Å². The molecule has 3 aromatic rings. The molecule has 2 aromatic carbocycles. The minimum absolute atomic E-state index is 0.0710. The van der Waals surface area contributed by atoms with Crippen LogP contribution >= 0.6 is 0 Å². The van der Waals surface area contributed by atoms with Crippen molar-refractivity contribution in [2.45, 2.75) is 18.9 Å². The number of rotatable bonds is 8. The number of nitrogens with zero attached hydrogens (tertiary/aromatic N) is 3. The number of carbonyl (C=O) groups is 2. The fourth-order valence-corrected chi connectivity index (χ4v) is 4.24. The van der Waals surface area contributed by atoms with E-state index in [1.807, 2.05) is 0 Å². The molecule has 1 aliphatic heterocycles. The van der Waals surface area contributed by atoms with Gasteiger partial charge in [0, 0.05) is 37.9 Å². The van der Waals surface area contributed by atoms with Gasteiger partial charge >= 0.3 is 0 Å². The summed E-state index contributed by atoms with van der Waals surface area (Å²) in [4.78, 5) is 26.5. The van der Waals surface area contributed by atoms with Crippen LogP contribution in [0.25, 0.3) is 11.3 Å². The van der Waals surface area contributed by atoms with Crippen molar-refractivity contribution in [1.29, 1.82) is 0 Å². The Morgan fingerprint density at radius 2 is 1.95 bits per heavy atom. The number of hydrogen-bond acceptors (Lipinski definition) is 6. The number of benzene rings is 2. The van der Waals surface area contributed by atoms with Gasteiger partial charge in [0.15, 0.2) is 11.6 Å². The number of amides is 2. The first-order valence-electron chi connectivity index (χ1n) is 11.6. The highest BCUT2D eigenvalue weighted by atomic mass is 19.1. The first-order chi connectivity index (χ1) is 17.8. The van der Waals surface area contributed by atoms with Crippen LogP contribution in [0.3, 0.4) is 0 Å². The van der Waals surface area contributed by atoms with Crippen molar-refractivity contribution in [2.24, 2.45) is 5.73 Å². The van der Waals surface area contributed by atoms with Crippen LogP contribution in [0.2, 0.25) is 0 Å². The molecule has 0 spiro atoms. The number of hydrogen-bond donors (Lipinski definition) is 2. The SMILES string of the molecule is COC/C=C/C(=O)N1CCC[C@@H](n2nc(-c3ccc(Oc4ccc(F)cc4F)cc3)c(C(N)=O)c2N)C1. The lowest BCUT2D eigenvalue weighted by atomic mass is 10.1. The zero-order valence-corrected chi connectivity index (χ0v) is 20.2. The van der Waals surface area contributed by atoms with E-state index < -0.39 is 17.5 Å². The highest BCUT2D eigenvalue weighted by Gasteiger charge is 2.29. The maximum absolute atomic E-state index is 13.9. The van der Waals surface area contributed by atoms with Crippen molar-refractivity contribution in [3.8, 4) is 22.8 Å². The number of anilines is 1. The smallest absolute Gasteiger partial charge is 0.254 e. The summed E-state index contributed by atoms with van der Waals surface area (Å²) >= 11 is 0. The van der Waals surface area contributed by atoms with Crippen LogP contribution in [0, 0.1) is 11.6 Å². The number of piperidine rings is 1. The summed E-state index contributed by atoms with van der Waals surface area (Å²) in [6.45, 7) is 1.30. The Morgan fingerprint density at radius 3 is 2.62 bits per heavy atom. The second-order valence-corrected chi connectivity index (χ2v) is 8.56. The molecule has 2 heterocycles. The predicted molar refractivity (Wildman–Crippen MR) is 133 cm³/mol. The van der Waals surface area contributed by atoms with Gasteiger partial charge in [-0.15, -0.1) is 0 Å². The lowest BCUT2D eigenvalue weighted by molar-refractivity contribution is -0.127. The highest BCUT2D eigenvalue weighted by molar-refractivity contribution is 6.03. The van der Waals surface area contributed by atoms with E-state index in [-0.39, 0.29) is 34.8 Å². The molecule has 4 N–H and O–H groups in total. The van der Waals surface area contributed by atoms with Gasteiger partial charge in [0.2, 0.25) is 5.91 Å². The summed E-state index contributed by atoms with van der Waals surface area (Å²) in [5.41, 5.74) is 12.9. The van der Waals surface area contributed by atoms with Crippen molar-refractivity contribution < 1.29 is 27.8 Å². The van der Waals surface area contributed by atoms with Crippen molar-refractivity contribution >= 4 is 17.6 Å². The van der Waals surface area contributed by atoms with Crippen LogP contribution in [-0.4, -0.2) is 53.3 Å². The summed E-state index contributed by atoms with van der Waals surface area (Å²) in [7, 11) is 1.55. The van der Waals surface area contributed by atoms with Crippen LogP contribution in [0.4, 0.5) is 14.6 Å². The van der Waals surface area contributed by atoms with Gasteiger partial charge in [0.05, 0.1) is 12.6 Å². The molecule has 1 fully saturated rings. The number of primary amides is 1. The van der Waals surface area contributed by atoms with E-state index in [1.165, 1.54) is 12.1 Å². The zero-order valence-electron chi connectivity index (χ0n) is 20.2. The number of aromatic nitrogens is 2. The third kappa shape index (κ3) is 5.78.